The van der Waals surface area contributed by atoms with Crippen LogP contribution in [0.4, 0.5) is 18.9 Å². The topological polar surface area (TPSA) is 114 Å². The molecule has 4 N–H and O–H groups in total. The van der Waals surface area contributed by atoms with Crippen molar-refractivity contribution in [1.82, 2.24) is 9.97 Å². The van der Waals surface area contributed by atoms with Crippen molar-refractivity contribution in [2.75, 3.05) is 5.32 Å². The molecule has 10 heteroatoms. The first kappa shape index (κ1) is 20.9. The van der Waals surface area contributed by atoms with E-state index >= 15 is 0 Å². The second-order valence-electron chi connectivity index (χ2n) is 5.85. The molecule has 1 heterocycles. The van der Waals surface area contributed by atoms with Crippen molar-refractivity contribution in [3.8, 4) is 0 Å². The predicted molar refractivity (Wildman–Crippen MR) is 96.5 cm³/mol. The summed E-state index contributed by atoms with van der Waals surface area (Å²) in [6.45, 7) is 3.27. The zero-order valence-corrected chi connectivity index (χ0v) is 15.0. The SMILES string of the molecule is C/C(=C/[C@@H](C)c1cc(NC(=O)c2cnc(C(F)F)cn2)ccc1F)OC(=N)N. The summed E-state index contributed by atoms with van der Waals surface area (Å²) in [6.07, 6.45) is 0.546. The van der Waals surface area contributed by atoms with Crippen LogP contribution in [0.25, 0.3) is 0 Å². The number of amidine groups is 1. The van der Waals surface area contributed by atoms with E-state index in [1.165, 1.54) is 18.2 Å². The Labute approximate surface area is 159 Å². The van der Waals surface area contributed by atoms with Gasteiger partial charge in [-0.25, -0.2) is 18.2 Å². The first-order valence-corrected chi connectivity index (χ1v) is 8.08. The van der Waals surface area contributed by atoms with Crippen molar-refractivity contribution in [2.24, 2.45) is 5.73 Å². The molecule has 0 radical (unpaired) electrons. The second-order valence-corrected chi connectivity index (χ2v) is 5.85. The maximum Gasteiger partial charge on any atom is 0.284 e. The molecule has 0 aliphatic carbocycles. The summed E-state index contributed by atoms with van der Waals surface area (Å²) in [7, 11) is 0. The van der Waals surface area contributed by atoms with E-state index in [0.29, 0.717) is 5.76 Å². The van der Waals surface area contributed by atoms with Crippen LogP contribution in [0.1, 0.15) is 47.9 Å². The minimum Gasteiger partial charge on any atom is -0.432 e. The van der Waals surface area contributed by atoms with Gasteiger partial charge in [-0.1, -0.05) is 6.92 Å². The van der Waals surface area contributed by atoms with Crippen molar-refractivity contribution in [2.45, 2.75) is 26.2 Å². The summed E-state index contributed by atoms with van der Waals surface area (Å²) in [5, 5.41) is 9.60. The smallest absolute Gasteiger partial charge is 0.284 e. The summed E-state index contributed by atoms with van der Waals surface area (Å²) in [5.74, 6) is -1.30. The molecule has 1 aromatic heterocycles. The van der Waals surface area contributed by atoms with Gasteiger partial charge in [0.15, 0.2) is 0 Å². The molecule has 0 saturated carbocycles. The zero-order valence-electron chi connectivity index (χ0n) is 15.0. The molecule has 1 aromatic carbocycles. The number of amides is 1. The van der Waals surface area contributed by atoms with Gasteiger partial charge in [0.2, 0.25) is 0 Å². The van der Waals surface area contributed by atoms with Gasteiger partial charge in [0.25, 0.3) is 18.4 Å². The first-order chi connectivity index (χ1) is 13.2. The van der Waals surface area contributed by atoms with Gasteiger partial charge in [-0.3, -0.25) is 15.2 Å². The maximum absolute atomic E-state index is 14.2. The number of allylic oxidation sites excluding steroid dienone is 2. The Morgan fingerprint density at radius 1 is 1.32 bits per heavy atom. The number of carbonyl (C=O) groups is 1. The van der Waals surface area contributed by atoms with Crippen molar-refractivity contribution in [1.29, 1.82) is 5.41 Å². The van der Waals surface area contributed by atoms with Crippen LogP contribution in [0, 0.1) is 11.2 Å². The van der Waals surface area contributed by atoms with Gasteiger partial charge in [0.05, 0.1) is 12.4 Å². The molecule has 0 fully saturated rings. The number of nitrogens with two attached hydrogens (primary N) is 1. The van der Waals surface area contributed by atoms with Gasteiger partial charge >= 0.3 is 0 Å². The number of nitrogens with zero attached hydrogens (tertiary/aromatic N) is 2. The summed E-state index contributed by atoms with van der Waals surface area (Å²) in [4.78, 5) is 19.3. The molecule has 0 aliphatic heterocycles. The largest absolute Gasteiger partial charge is 0.432 e. The summed E-state index contributed by atoms with van der Waals surface area (Å²) < 4.78 is 44.1. The van der Waals surface area contributed by atoms with E-state index in [4.69, 9.17) is 15.9 Å². The minimum absolute atomic E-state index is 0.158. The fourth-order valence-electron chi connectivity index (χ4n) is 2.38. The number of hydrogen-bond acceptors (Lipinski definition) is 5. The number of alkyl halides is 2. The molecular formula is C18H18F3N5O2. The lowest BCUT2D eigenvalue weighted by Gasteiger charge is -2.13. The quantitative estimate of drug-likeness (QED) is 0.393. The van der Waals surface area contributed by atoms with Crippen molar-refractivity contribution in [3.05, 3.63) is 65.2 Å². The third-order valence-electron chi connectivity index (χ3n) is 3.63. The summed E-state index contributed by atoms with van der Waals surface area (Å²) >= 11 is 0. The van der Waals surface area contributed by atoms with Crippen LogP contribution < -0.4 is 11.1 Å². The standard InChI is InChI=1S/C18H18F3N5O2/c1-9(5-10(2)28-18(22)23)12-6-11(3-4-13(12)19)26-17(27)15-8-24-14(7-25-15)16(20)21/h3-9,16H,1-2H3,(H3,22,23)(H,26,27)/b10-5-/t9-/m1/s1. The average Bonchev–Trinajstić information content (AvgIpc) is 2.62. The Balaban J connectivity index is 2.18. The monoisotopic (exact) mass is 393 g/mol. The lowest BCUT2D eigenvalue weighted by Crippen LogP contribution is -2.15. The lowest BCUT2D eigenvalue weighted by molar-refractivity contribution is 0.102. The summed E-state index contributed by atoms with van der Waals surface area (Å²) in [6, 6.07) is 3.48. The number of anilines is 1. The van der Waals surface area contributed by atoms with Crippen LogP contribution in [0.5, 0.6) is 0 Å². The van der Waals surface area contributed by atoms with E-state index < -0.39 is 35.8 Å². The van der Waals surface area contributed by atoms with Crippen LogP contribution in [0.3, 0.4) is 0 Å². The fraction of sp³-hybridized carbons (Fsp3) is 0.222. The predicted octanol–water partition coefficient (Wildman–Crippen LogP) is 3.72. The molecule has 0 spiro atoms. The molecule has 1 amide bonds. The Bertz CT molecular complexity index is 901. The van der Waals surface area contributed by atoms with E-state index in [-0.39, 0.29) is 16.9 Å². The molecule has 7 nitrogen and oxygen atoms in total. The molecule has 0 aliphatic rings. The van der Waals surface area contributed by atoms with Crippen molar-refractivity contribution in [3.63, 3.8) is 0 Å². The highest BCUT2D eigenvalue weighted by atomic mass is 19.3. The number of ether oxygens (including phenoxy) is 1. The fourth-order valence-corrected chi connectivity index (χ4v) is 2.38. The van der Waals surface area contributed by atoms with E-state index in [1.54, 1.807) is 19.9 Å². The number of nitrogens with one attached hydrogen (secondary N) is 2. The van der Waals surface area contributed by atoms with Crippen LogP contribution >= 0.6 is 0 Å². The van der Waals surface area contributed by atoms with E-state index in [1.807, 2.05) is 0 Å². The third-order valence-corrected chi connectivity index (χ3v) is 3.63. The normalized spacial score (nSPS) is 12.6. The molecule has 2 aromatic rings. The number of aromatic nitrogens is 2. The van der Waals surface area contributed by atoms with E-state index in [9.17, 15) is 18.0 Å². The number of carbonyl (C=O) groups excluding carboxylic acids is 1. The number of benzene rings is 1. The highest BCUT2D eigenvalue weighted by molar-refractivity contribution is 6.02. The number of rotatable bonds is 6. The van der Waals surface area contributed by atoms with Gasteiger partial charge in [-0.05, 0) is 36.8 Å². The molecule has 1 atom stereocenters. The highest BCUT2D eigenvalue weighted by Gasteiger charge is 2.15. The summed E-state index contributed by atoms with van der Waals surface area (Å²) in [5.41, 5.74) is 5.00. The Hall–Kier alpha value is -3.43. The highest BCUT2D eigenvalue weighted by Crippen LogP contribution is 2.25. The van der Waals surface area contributed by atoms with E-state index in [2.05, 4.69) is 15.3 Å². The van der Waals surface area contributed by atoms with E-state index in [0.717, 1.165) is 12.4 Å². The zero-order chi connectivity index (χ0) is 20.8. The van der Waals surface area contributed by atoms with Crippen LogP contribution in [-0.4, -0.2) is 21.9 Å². The lowest BCUT2D eigenvalue weighted by atomic mass is 9.99. The van der Waals surface area contributed by atoms with Gasteiger partial charge in [0.1, 0.15) is 23.0 Å². The molecule has 2 rings (SSSR count). The first-order valence-electron chi connectivity index (χ1n) is 8.08. The molecule has 148 valence electrons. The second kappa shape index (κ2) is 8.98. The van der Waals surface area contributed by atoms with Crippen LogP contribution in [0.2, 0.25) is 0 Å². The van der Waals surface area contributed by atoms with Gasteiger partial charge < -0.3 is 15.8 Å². The number of halogens is 3. The average molecular weight is 393 g/mol. The molecule has 0 bridgehead atoms. The van der Waals surface area contributed by atoms with Crippen molar-refractivity contribution >= 4 is 17.6 Å². The Morgan fingerprint density at radius 3 is 2.61 bits per heavy atom. The molecule has 0 saturated heterocycles. The maximum atomic E-state index is 14.2. The third kappa shape index (κ3) is 5.53. The Kier molecular flexibility index (Phi) is 6.69. The molecule has 28 heavy (non-hydrogen) atoms. The number of hydrogen-bond donors (Lipinski definition) is 3. The van der Waals surface area contributed by atoms with Crippen molar-refractivity contribution < 1.29 is 22.7 Å². The molecule has 0 unspecified atom stereocenters. The van der Waals surface area contributed by atoms with Gasteiger partial charge in [-0.2, -0.15) is 0 Å². The van der Waals surface area contributed by atoms with Gasteiger partial charge in [-0.15, -0.1) is 0 Å². The van der Waals surface area contributed by atoms with Crippen LogP contribution in [-0.2, 0) is 4.74 Å². The van der Waals surface area contributed by atoms with Gasteiger partial charge in [0, 0.05) is 11.6 Å². The van der Waals surface area contributed by atoms with Crippen LogP contribution in [0.15, 0.2) is 42.4 Å². The Morgan fingerprint density at radius 2 is 2.04 bits per heavy atom. The minimum atomic E-state index is -2.78. The molecular weight excluding hydrogens is 375 g/mol.